The van der Waals surface area contributed by atoms with Crippen LogP contribution in [0.1, 0.15) is 42.0 Å². The van der Waals surface area contributed by atoms with Crippen LogP contribution in [-0.4, -0.2) is 24.3 Å². The highest BCUT2D eigenvalue weighted by atomic mass is 16.5. The highest BCUT2D eigenvalue weighted by Crippen LogP contribution is 2.32. The number of ether oxygens (including phenoxy) is 2. The van der Waals surface area contributed by atoms with E-state index in [-0.39, 0.29) is 18.4 Å². The van der Waals surface area contributed by atoms with E-state index >= 15 is 0 Å². The molecule has 6 nitrogen and oxygen atoms in total. The summed E-state index contributed by atoms with van der Waals surface area (Å²) in [6.07, 6.45) is 1.13. The fourth-order valence-corrected chi connectivity index (χ4v) is 2.74. The zero-order valence-electron chi connectivity index (χ0n) is 14.2. The summed E-state index contributed by atoms with van der Waals surface area (Å²) >= 11 is 0. The molecule has 6 heteroatoms. The summed E-state index contributed by atoms with van der Waals surface area (Å²) in [6, 6.07) is 5.65. The lowest BCUT2D eigenvalue weighted by Crippen LogP contribution is -2.28. The number of hydrogen-bond donors (Lipinski definition) is 1. The molecule has 3 rings (SSSR count). The van der Waals surface area contributed by atoms with Gasteiger partial charge in [-0.05, 0) is 38.5 Å². The third-order valence-electron chi connectivity index (χ3n) is 4.17. The van der Waals surface area contributed by atoms with Gasteiger partial charge < -0.3 is 19.3 Å². The minimum Gasteiger partial charge on any atom is -0.490 e. The molecule has 1 aromatic heterocycles. The molecule has 2 heterocycles. The van der Waals surface area contributed by atoms with E-state index in [4.69, 9.17) is 14.0 Å². The first kappa shape index (κ1) is 16.4. The Morgan fingerprint density at radius 3 is 2.71 bits per heavy atom. The predicted molar refractivity (Wildman–Crippen MR) is 88.3 cm³/mol. The van der Waals surface area contributed by atoms with Crippen LogP contribution in [0.4, 0.5) is 0 Å². The summed E-state index contributed by atoms with van der Waals surface area (Å²) in [7, 11) is 0. The molecule has 0 saturated carbocycles. The molecule has 1 atom stereocenters. The van der Waals surface area contributed by atoms with Crippen LogP contribution in [0.2, 0.25) is 0 Å². The van der Waals surface area contributed by atoms with Gasteiger partial charge in [-0.25, -0.2) is 0 Å². The molecular weight excluding hydrogens is 308 g/mol. The van der Waals surface area contributed by atoms with Crippen molar-refractivity contribution in [3.05, 3.63) is 40.8 Å². The third-order valence-corrected chi connectivity index (χ3v) is 4.17. The van der Waals surface area contributed by atoms with Crippen LogP contribution >= 0.6 is 0 Å². The average Bonchev–Trinajstić information content (AvgIpc) is 2.78. The molecule has 1 aliphatic rings. The maximum Gasteiger partial charge on any atom is 0.225 e. The number of hydrogen-bond acceptors (Lipinski definition) is 5. The van der Waals surface area contributed by atoms with Gasteiger partial charge in [0, 0.05) is 12.0 Å². The van der Waals surface area contributed by atoms with Crippen molar-refractivity contribution in [3.8, 4) is 11.5 Å². The van der Waals surface area contributed by atoms with E-state index in [0.29, 0.717) is 19.0 Å². The first-order valence-electron chi connectivity index (χ1n) is 8.15. The first-order chi connectivity index (χ1) is 11.5. The quantitative estimate of drug-likeness (QED) is 0.933. The molecular formula is C18H22N2O4. The van der Waals surface area contributed by atoms with Crippen molar-refractivity contribution in [2.45, 2.75) is 39.7 Å². The predicted octanol–water partition coefficient (Wildman–Crippen LogP) is 2.87. The molecule has 0 fully saturated rings. The van der Waals surface area contributed by atoms with Crippen LogP contribution < -0.4 is 14.8 Å². The second-order valence-corrected chi connectivity index (χ2v) is 6.03. The number of aromatic nitrogens is 1. The smallest absolute Gasteiger partial charge is 0.225 e. The number of amides is 1. The van der Waals surface area contributed by atoms with Crippen LogP contribution in [0.3, 0.4) is 0 Å². The summed E-state index contributed by atoms with van der Waals surface area (Å²) < 4.78 is 16.4. The van der Waals surface area contributed by atoms with E-state index in [1.165, 1.54) is 0 Å². The lowest BCUT2D eigenvalue weighted by atomic mass is 10.1. The molecule has 128 valence electrons. The molecule has 0 aliphatic carbocycles. The molecule has 1 aromatic carbocycles. The second kappa shape index (κ2) is 6.95. The number of benzene rings is 1. The maximum atomic E-state index is 12.3. The largest absolute Gasteiger partial charge is 0.490 e. The number of carbonyl (C=O) groups is 1. The van der Waals surface area contributed by atoms with Crippen molar-refractivity contribution < 1.29 is 18.8 Å². The highest BCUT2D eigenvalue weighted by Gasteiger charge is 2.17. The molecule has 1 aliphatic heterocycles. The number of nitrogens with zero attached hydrogens (tertiary/aromatic N) is 1. The molecule has 24 heavy (non-hydrogen) atoms. The van der Waals surface area contributed by atoms with E-state index in [1.807, 2.05) is 39.0 Å². The fourth-order valence-electron chi connectivity index (χ4n) is 2.74. The summed E-state index contributed by atoms with van der Waals surface area (Å²) in [5.41, 5.74) is 2.58. The lowest BCUT2D eigenvalue weighted by molar-refractivity contribution is -0.121. The van der Waals surface area contributed by atoms with E-state index in [9.17, 15) is 4.79 Å². The lowest BCUT2D eigenvalue weighted by Gasteiger charge is -2.16. The minimum atomic E-state index is -0.130. The van der Waals surface area contributed by atoms with Gasteiger partial charge in [-0.3, -0.25) is 4.79 Å². The van der Waals surface area contributed by atoms with Gasteiger partial charge in [0.2, 0.25) is 5.91 Å². The van der Waals surface area contributed by atoms with Crippen molar-refractivity contribution in [2.24, 2.45) is 0 Å². The van der Waals surface area contributed by atoms with Gasteiger partial charge in [-0.15, -0.1) is 0 Å². The average molecular weight is 330 g/mol. The zero-order valence-corrected chi connectivity index (χ0v) is 14.2. The number of carbonyl (C=O) groups excluding carboxylic acids is 1. The number of fused-ring (bicyclic) bond motifs is 1. The maximum absolute atomic E-state index is 12.3. The Balaban J connectivity index is 1.67. The van der Waals surface area contributed by atoms with E-state index in [1.54, 1.807) is 0 Å². The summed E-state index contributed by atoms with van der Waals surface area (Å²) in [6.45, 7) is 6.91. The van der Waals surface area contributed by atoms with Crippen LogP contribution in [0.15, 0.2) is 22.7 Å². The number of aryl methyl sites for hydroxylation is 2. The Labute approximate surface area is 141 Å². The topological polar surface area (TPSA) is 73.6 Å². The minimum absolute atomic E-state index is 0.0657. The van der Waals surface area contributed by atoms with Crippen molar-refractivity contribution >= 4 is 5.91 Å². The van der Waals surface area contributed by atoms with Gasteiger partial charge in [0.15, 0.2) is 11.5 Å². The van der Waals surface area contributed by atoms with Crippen LogP contribution in [0.25, 0.3) is 0 Å². The van der Waals surface area contributed by atoms with Crippen molar-refractivity contribution in [1.29, 1.82) is 0 Å². The van der Waals surface area contributed by atoms with Gasteiger partial charge in [-0.1, -0.05) is 11.2 Å². The molecule has 1 N–H and O–H groups in total. The molecule has 0 spiro atoms. The fraction of sp³-hybridized carbons (Fsp3) is 0.444. The van der Waals surface area contributed by atoms with Crippen molar-refractivity contribution in [1.82, 2.24) is 10.5 Å². The molecule has 0 bridgehead atoms. The standard InChI is InChI=1S/C18H22N2O4/c1-11(19-18(21)10-15-12(2)20-24-13(15)3)14-5-6-16-17(9-14)23-8-4-7-22-16/h5-6,9,11H,4,7-8,10H2,1-3H3,(H,19,21)/t11-/m0/s1. The summed E-state index contributed by atoms with van der Waals surface area (Å²) in [5, 5.41) is 6.88. The Morgan fingerprint density at radius 1 is 1.25 bits per heavy atom. The number of rotatable bonds is 4. The summed E-state index contributed by atoms with van der Waals surface area (Å²) in [4.78, 5) is 12.3. The zero-order chi connectivity index (χ0) is 17.1. The van der Waals surface area contributed by atoms with E-state index in [2.05, 4.69) is 10.5 Å². The molecule has 0 unspecified atom stereocenters. The monoisotopic (exact) mass is 330 g/mol. The Kier molecular flexibility index (Phi) is 4.74. The SMILES string of the molecule is Cc1noc(C)c1CC(=O)N[C@@H](C)c1ccc2c(c1)OCCCO2. The van der Waals surface area contributed by atoms with Crippen LogP contribution in [0, 0.1) is 13.8 Å². The third kappa shape index (κ3) is 3.53. The Bertz CT molecular complexity index is 719. The van der Waals surface area contributed by atoms with Gasteiger partial charge in [0.1, 0.15) is 5.76 Å². The van der Waals surface area contributed by atoms with Gasteiger partial charge in [0.05, 0.1) is 31.4 Å². The molecule has 1 amide bonds. The second-order valence-electron chi connectivity index (χ2n) is 6.03. The normalized spacial score (nSPS) is 14.8. The Hall–Kier alpha value is -2.50. The first-order valence-corrected chi connectivity index (χ1v) is 8.15. The van der Waals surface area contributed by atoms with Crippen LogP contribution in [-0.2, 0) is 11.2 Å². The number of nitrogens with one attached hydrogen (secondary N) is 1. The van der Waals surface area contributed by atoms with E-state index in [0.717, 1.165) is 34.7 Å². The van der Waals surface area contributed by atoms with E-state index < -0.39 is 0 Å². The van der Waals surface area contributed by atoms with Crippen molar-refractivity contribution in [3.63, 3.8) is 0 Å². The molecule has 0 saturated heterocycles. The van der Waals surface area contributed by atoms with Crippen molar-refractivity contribution in [2.75, 3.05) is 13.2 Å². The van der Waals surface area contributed by atoms with Gasteiger partial charge >= 0.3 is 0 Å². The Morgan fingerprint density at radius 2 is 2.00 bits per heavy atom. The molecule has 2 aromatic rings. The van der Waals surface area contributed by atoms with Gasteiger partial charge in [-0.2, -0.15) is 0 Å². The van der Waals surface area contributed by atoms with Gasteiger partial charge in [0.25, 0.3) is 0 Å². The van der Waals surface area contributed by atoms with Crippen LogP contribution in [0.5, 0.6) is 11.5 Å². The highest BCUT2D eigenvalue weighted by molar-refractivity contribution is 5.79. The molecule has 0 radical (unpaired) electrons. The summed E-state index contributed by atoms with van der Waals surface area (Å²) in [5.74, 6) is 2.11.